The Bertz CT molecular complexity index is 400. The molecule has 2 nitrogen and oxygen atoms in total. The lowest BCUT2D eigenvalue weighted by atomic mass is 9.86. The normalized spacial score (nSPS) is 15.8. The van der Waals surface area contributed by atoms with E-state index in [1.54, 1.807) is 0 Å². The van der Waals surface area contributed by atoms with Gasteiger partial charge in [0, 0.05) is 25.8 Å². The Morgan fingerprint density at radius 1 is 1.12 bits per heavy atom. The third-order valence-corrected chi connectivity index (χ3v) is 3.10. The van der Waals surface area contributed by atoms with Gasteiger partial charge in [-0.1, -0.05) is 20.8 Å². The molecule has 1 aromatic carbocycles. The lowest BCUT2D eigenvalue weighted by molar-refractivity contribution is 0.302. The van der Waals surface area contributed by atoms with Crippen LogP contribution in [0.5, 0.6) is 5.75 Å². The highest BCUT2D eigenvalue weighted by atomic mass is 16.5. The van der Waals surface area contributed by atoms with Gasteiger partial charge in [0.15, 0.2) is 0 Å². The van der Waals surface area contributed by atoms with Gasteiger partial charge < -0.3 is 9.64 Å². The van der Waals surface area contributed by atoms with Crippen LogP contribution in [0.1, 0.15) is 39.2 Å². The molecule has 0 atom stereocenters. The summed E-state index contributed by atoms with van der Waals surface area (Å²) in [6.07, 6.45) is 2.87. The second kappa shape index (κ2) is 4.25. The maximum absolute atomic E-state index is 5.93. The Hall–Kier alpha value is -1.18. The van der Waals surface area contributed by atoms with Crippen molar-refractivity contribution in [2.45, 2.75) is 45.1 Å². The first kappa shape index (κ1) is 12.3. The fraction of sp³-hybridized carbons (Fsp3) is 0.600. The van der Waals surface area contributed by atoms with Crippen LogP contribution in [0.25, 0.3) is 0 Å². The van der Waals surface area contributed by atoms with Crippen LogP contribution in [0.2, 0.25) is 0 Å². The number of hydrogen-bond donors (Lipinski definition) is 0. The molecule has 1 aliphatic carbocycles. The molecular formula is C15H23NO. The molecule has 0 radical (unpaired) electrons. The summed E-state index contributed by atoms with van der Waals surface area (Å²) in [4.78, 5) is 2.13. The number of anilines is 1. The highest BCUT2D eigenvalue weighted by Gasteiger charge is 2.24. The molecule has 0 unspecified atom stereocenters. The molecule has 1 saturated carbocycles. The molecule has 1 aliphatic rings. The Morgan fingerprint density at radius 3 is 2.24 bits per heavy atom. The molecule has 1 aromatic rings. The van der Waals surface area contributed by atoms with Gasteiger partial charge >= 0.3 is 0 Å². The summed E-state index contributed by atoms with van der Waals surface area (Å²) >= 11 is 0. The molecular weight excluding hydrogens is 210 g/mol. The smallest absolute Gasteiger partial charge is 0.122 e. The van der Waals surface area contributed by atoms with Crippen LogP contribution in [0.3, 0.4) is 0 Å². The van der Waals surface area contributed by atoms with E-state index >= 15 is 0 Å². The van der Waals surface area contributed by atoms with Crippen molar-refractivity contribution >= 4 is 5.69 Å². The Balaban J connectivity index is 2.34. The van der Waals surface area contributed by atoms with Gasteiger partial charge in [-0.05, 0) is 36.0 Å². The van der Waals surface area contributed by atoms with Crippen molar-refractivity contribution in [3.05, 3.63) is 23.8 Å². The van der Waals surface area contributed by atoms with Crippen molar-refractivity contribution < 1.29 is 4.74 Å². The number of ether oxygens (including phenoxy) is 1. The van der Waals surface area contributed by atoms with Crippen LogP contribution in [-0.4, -0.2) is 20.2 Å². The molecule has 2 heteroatoms. The van der Waals surface area contributed by atoms with E-state index < -0.39 is 0 Å². The van der Waals surface area contributed by atoms with Gasteiger partial charge in [0.25, 0.3) is 0 Å². The van der Waals surface area contributed by atoms with Crippen LogP contribution in [0, 0.1) is 0 Å². The molecule has 0 amide bonds. The standard InChI is InChI=1S/C15H23NO/c1-15(2,3)11-8-12(16(4)5)10-14(9-11)17-13-6-7-13/h8-10,13H,6-7H2,1-5H3. The third-order valence-electron chi connectivity index (χ3n) is 3.10. The second-order valence-electron chi connectivity index (χ2n) is 6.18. The molecule has 0 bridgehead atoms. The van der Waals surface area contributed by atoms with Gasteiger partial charge in [-0.15, -0.1) is 0 Å². The first-order chi connectivity index (χ1) is 7.86. The van der Waals surface area contributed by atoms with Gasteiger partial charge in [-0.2, -0.15) is 0 Å². The zero-order valence-corrected chi connectivity index (χ0v) is 11.6. The van der Waals surface area contributed by atoms with Gasteiger partial charge in [-0.25, -0.2) is 0 Å². The third kappa shape index (κ3) is 3.15. The average molecular weight is 233 g/mol. The fourth-order valence-electron chi connectivity index (χ4n) is 1.72. The fourth-order valence-corrected chi connectivity index (χ4v) is 1.72. The van der Waals surface area contributed by atoms with Crippen molar-refractivity contribution in [2.75, 3.05) is 19.0 Å². The summed E-state index contributed by atoms with van der Waals surface area (Å²) < 4.78 is 5.93. The summed E-state index contributed by atoms with van der Waals surface area (Å²) in [5.41, 5.74) is 2.71. The molecule has 1 fully saturated rings. The predicted octanol–water partition coefficient (Wildman–Crippen LogP) is 3.59. The molecule has 0 spiro atoms. The van der Waals surface area contributed by atoms with E-state index in [9.17, 15) is 0 Å². The molecule has 0 heterocycles. The summed E-state index contributed by atoms with van der Waals surface area (Å²) in [5.74, 6) is 1.02. The molecule has 0 N–H and O–H groups in total. The van der Waals surface area contributed by atoms with Gasteiger partial charge in [0.05, 0.1) is 6.10 Å². The van der Waals surface area contributed by atoms with E-state index in [1.807, 2.05) is 0 Å². The minimum absolute atomic E-state index is 0.160. The van der Waals surface area contributed by atoms with Gasteiger partial charge in [0.1, 0.15) is 5.75 Å². The van der Waals surface area contributed by atoms with Crippen LogP contribution >= 0.6 is 0 Å². The summed E-state index contributed by atoms with van der Waals surface area (Å²) in [6, 6.07) is 6.57. The van der Waals surface area contributed by atoms with E-state index in [4.69, 9.17) is 4.74 Å². The molecule has 0 aliphatic heterocycles. The Labute approximate surface area is 105 Å². The van der Waals surface area contributed by atoms with E-state index in [0.29, 0.717) is 6.10 Å². The van der Waals surface area contributed by atoms with Crippen molar-refractivity contribution in [3.8, 4) is 5.75 Å². The largest absolute Gasteiger partial charge is 0.490 e. The van der Waals surface area contributed by atoms with Crippen molar-refractivity contribution in [2.24, 2.45) is 0 Å². The number of hydrogen-bond acceptors (Lipinski definition) is 2. The first-order valence-corrected chi connectivity index (χ1v) is 6.36. The lowest BCUT2D eigenvalue weighted by Crippen LogP contribution is -2.15. The molecule has 0 aromatic heterocycles. The van der Waals surface area contributed by atoms with Crippen molar-refractivity contribution in [1.82, 2.24) is 0 Å². The first-order valence-electron chi connectivity index (χ1n) is 6.36. The topological polar surface area (TPSA) is 12.5 Å². The Morgan fingerprint density at radius 2 is 1.76 bits per heavy atom. The van der Waals surface area contributed by atoms with Crippen LogP contribution in [0.15, 0.2) is 18.2 Å². The Kier molecular flexibility index (Phi) is 3.07. The van der Waals surface area contributed by atoms with Gasteiger partial charge in [0.2, 0.25) is 0 Å². The molecule has 0 saturated heterocycles. The molecule has 17 heavy (non-hydrogen) atoms. The monoisotopic (exact) mass is 233 g/mol. The minimum atomic E-state index is 0.160. The van der Waals surface area contributed by atoms with Crippen LogP contribution < -0.4 is 9.64 Å². The van der Waals surface area contributed by atoms with Crippen LogP contribution in [-0.2, 0) is 5.41 Å². The maximum Gasteiger partial charge on any atom is 0.122 e. The number of nitrogens with zero attached hydrogens (tertiary/aromatic N) is 1. The van der Waals surface area contributed by atoms with Gasteiger partial charge in [-0.3, -0.25) is 0 Å². The summed E-state index contributed by atoms with van der Waals surface area (Å²) in [5, 5.41) is 0. The van der Waals surface area contributed by atoms with E-state index in [2.05, 4.69) is 58.0 Å². The quantitative estimate of drug-likeness (QED) is 0.791. The zero-order chi connectivity index (χ0) is 12.6. The predicted molar refractivity (Wildman–Crippen MR) is 73.1 cm³/mol. The second-order valence-corrected chi connectivity index (χ2v) is 6.18. The minimum Gasteiger partial charge on any atom is -0.490 e. The summed E-state index contributed by atoms with van der Waals surface area (Å²) in [6.45, 7) is 6.72. The van der Waals surface area contributed by atoms with E-state index in [0.717, 1.165) is 5.75 Å². The SMILES string of the molecule is CN(C)c1cc(OC2CC2)cc(C(C)(C)C)c1. The maximum atomic E-state index is 5.93. The molecule has 2 rings (SSSR count). The molecule has 94 valence electrons. The highest BCUT2D eigenvalue weighted by molar-refractivity contribution is 5.54. The van der Waals surface area contributed by atoms with Crippen molar-refractivity contribution in [1.29, 1.82) is 0 Å². The lowest BCUT2D eigenvalue weighted by Gasteiger charge is -2.23. The number of benzene rings is 1. The van der Waals surface area contributed by atoms with E-state index in [-0.39, 0.29) is 5.41 Å². The van der Waals surface area contributed by atoms with Crippen LogP contribution in [0.4, 0.5) is 5.69 Å². The zero-order valence-electron chi connectivity index (χ0n) is 11.6. The highest BCUT2D eigenvalue weighted by Crippen LogP contribution is 2.34. The summed E-state index contributed by atoms with van der Waals surface area (Å²) in [7, 11) is 4.14. The van der Waals surface area contributed by atoms with E-state index in [1.165, 1.54) is 24.1 Å². The number of rotatable bonds is 3. The van der Waals surface area contributed by atoms with Crippen molar-refractivity contribution in [3.63, 3.8) is 0 Å². The average Bonchev–Trinajstić information content (AvgIpc) is 2.99.